The van der Waals surface area contributed by atoms with E-state index in [1.54, 1.807) is 0 Å². The second-order valence-corrected chi connectivity index (χ2v) is 3.18. The molecule has 0 unspecified atom stereocenters. The van der Waals surface area contributed by atoms with Crippen LogP contribution < -0.4 is 11.1 Å². The van der Waals surface area contributed by atoms with Crippen LogP contribution in [0, 0.1) is 5.41 Å². The molecule has 0 aromatic carbocycles. The van der Waals surface area contributed by atoms with Crippen molar-refractivity contribution in [2.75, 3.05) is 6.54 Å². The maximum absolute atomic E-state index is 10.8. The van der Waals surface area contributed by atoms with Crippen LogP contribution in [0.25, 0.3) is 0 Å². The fourth-order valence-electron chi connectivity index (χ4n) is 0.890. The SMILES string of the molecule is CC1(C)CNC(=O)[C@H]1N. The third-order valence-electron chi connectivity index (χ3n) is 1.84. The van der Waals surface area contributed by atoms with Crippen LogP contribution in [0.15, 0.2) is 0 Å². The van der Waals surface area contributed by atoms with E-state index in [0.29, 0.717) is 6.54 Å². The van der Waals surface area contributed by atoms with Crippen molar-refractivity contribution in [2.24, 2.45) is 11.1 Å². The first kappa shape index (κ1) is 6.55. The maximum Gasteiger partial charge on any atom is 0.237 e. The van der Waals surface area contributed by atoms with Crippen molar-refractivity contribution in [1.82, 2.24) is 5.32 Å². The van der Waals surface area contributed by atoms with Crippen LogP contribution in [-0.2, 0) is 4.79 Å². The van der Waals surface area contributed by atoms with E-state index in [4.69, 9.17) is 5.73 Å². The monoisotopic (exact) mass is 128 g/mol. The molecule has 0 spiro atoms. The summed E-state index contributed by atoms with van der Waals surface area (Å²) in [5.41, 5.74) is 5.49. The Kier molecular flexibility index (Phi) is 1.24. The summed E-state index contributed by atoms with van der Waals surface area (Å²) in [6.07, 6.45) is 0. The zero-order valence-corrected chi connectivity index (χ0v) is 5.77. The molecule has 52 valence electrons. The first-order chi connectivity index (χ1) is 4.04. The van der Waals surface area contributed by atoms with Crippen LogP contribution in [0.5, 0.6) is 0 Å². The molecule has 1 amide bonds. The Balaban J connectivity index is 2.73. The first-order valence-corrected chi connectivity index (χ1v) is 3.07. The summed E-state index contributed by atoms with van der Waals surface area (Å²) in [4.78, 5) is 10.8. The van der Waals surface area contributed by atoms with Gasteiger partial charge in [-0.2, -0.15) is 0 Å². The summed E-state index contributed by atoms with van der Waals surface area (Å²) in [5.74, 6) is -0.0278. The van der Waals surface area contributed by atoms with Gasteiger partial charge in [0.1, 0.15) is 0 Å². The Morgan fingerprint density at radius 3 is 2.44 bits per heavy atom. The molecule has 1 heterocycles. The highest BCUT2D eigenvalue weighted by molar-refractivity contribution is 5.84. The van der Waals surface area contributed by atoms with Gasteiger partial charge in [0.25, 0.3) is 0 Å². The highest BCUT2D eigenvalue weighted by atomic mass is 16.2. The van der Waals surface area contributed by atoms with Crippen LogP contribution in [0.1, 0.15) is 13.8 Å². The molecule has 3 heteroatoms. The van der Waals surface area contributed by atoms with Gasteiger partial charge < -0.3 is 11.1 Å². The number of hydrogen-bond donors (Lipinski definition) is 2. The van der Waals surface area contributed by atoms with E-state index < -0.39 is 0 Å². The molecule has 0 bridgehead atoms. The minimum Gasteiger partial charge on any atom is -0.354 e. The fourth-order valence-corrected chi connectivity index (χ4v) is 0.890. The lowest BCUT2D eigenvalue weighted by atomic mass is 9.88. The summed E-state index contributed by atoms with van der Waals surface area (Å²) in [7, 11) is 0. The van der Waals surface area contributed by atoms with E-state index in [1.165, 1.54) is 0 Å². The number of hydrogen-bond acceptors (Lipinski definition) is 2. The van der Waals surface area contributed by atoms with Crippen LogP contribution in [0.2, 0.25) is 0 Å². The third kappa shape index (κ3) is 0.920. The first-order valence-electron chi connectivity index (χ1n) is 3.07. The van der Waals surface area contributed by atoms with Crippen molar-refractivity contribution in [3.8, 4) is 0 Å². The average molecular weight is 128 g/mol. The number of carbonyl (C=O) groups is 1. The molecule has 1 saturated heterocycles. The lowest BCUT2D eigenvalue weighted by molar-refractivity contribution is -0.120. The average Bonchev–Trinajstić information content (AvgIpc) is 1.97. The van der Waals surface area contributed by atoms with E-state index in [0.717, 1.165) is 0 Å². The molecule has 1 aliphatic rings. The Morgan fingerprint density at radius 1 is 1.78 bits per heavy atom. The number of nitrogens with two attached hydrogens (primary N) is 1. The van der Waals surface area contributed by atoms with E-state index in [-0.39, 0.29) is 17.4 Å². The van der Waals surface area contributed by atoms with Gasteiger partial charge in [-0.25, -0.2) is 0 Å². The number of amides is 1. The molecule has 3 N–H and O–H groups in total. The normalized spacial score (nSPS) is 32.3. The fraction of sp³-hybridized carbons (Fsp3) is 0.833. The highest BCUT2D eigenvalue weighted by Crippen LogP contribution is 2.22. The molecular formula is C6H12N2O. The minimum atomic E-state index is -0.322. The molecule has 0 aliphatic carbocycles. The van der Waals surface area contributed by atoms with Gasteiger partial charge in [-0.3, -0.25) is 4.79 Å². The summed E-state index contributed by atoms with van der Waals surface area (Å²) >= 11 is 0. The van der Waals surface area contributed by atoms with Crippen molar-refractivity contribution < 1.29 is 4.79 Å². The molecule has 0 aromatic rings. The summed E-state index contributed by atoms with van der Waals surface area (Å²) in [6.45, 7) is 4.66. The lowest BCUT2D eigenvalue weighted by Crippen LogP contribution is -2.38. The Bertz CT molecular complexity index is 142. The molecule has 1 rings (SSSR count). The minimum absolute atomic E-state index is 0.0278. The highest BCUT2D eigenvalue weighted by Gasteiger charge is 2.37. The van der Waals surface area contributed by atoms with Gasteiger partial charge in [0.2, 0.25) is 5.91 Å². The van der Waals surface area contributed by atoms with E-state index in [2.05, 4.69) is 5.32 Å². The summed E-state index contributed by atoms with van der Waals surface area (Å²) < 4.78 is 0. The molecule has 1 atom stereocenters. The van der Waals surface area contributed by atoms with E-state index in [1.807, 2.05) is 13.8 Å². The van der Waals surface area contributed by atoms with Gasteiger partial charge >= 0.3 is 0 Å². The predicted molar refractivity (Wildman–Crippen MR) is 34.8 cm³/mol. The zero-order valence-electron chi connectivity index (χ0n) is 5.77. The molecule has 0 aromatic heterocycles. The largest absolute Gasteiger partial charge is 0.354 e. The van der Waals surface area contributed by atoms with Crippen molar-refractivity contribution in [2.45, 2.75) is 19.9 Å². The van der Waals surface area contributed by atoms with E-state index in [9.17, 15) is 4.79 Å². The van der Waals surface area contributed by atoms with Crippen molar-refractivity contribution in [3.63, 3.8) is 0 Å². The quantitative estimate of drug-likeness (QED) is 0.461. The molecule has 9 heavy (non-hydrogen) atoms. The molecule has 0 radical (unpaired) electrons. The second kappa shape index (κ2) is 1.70. The number of rotatable bonds is 0. The molecular weight excluding hydrogens is 116 g/mol. The predicted octanol–water partition coefficient (Wildman–Crippen LogP) is -0.530. The van der Waals surface area contributed by atoms with Gasteiger partial charge in [0, 0.05) is 12.0 Å². The zero-order chi connectivity index (χ0) is 7.07. The second-order valence-electron chi connectivity index (χ2n) is 3.18. The standard InChI is InChI=1S/C6H12N2O/c1-6(2)3-8-5(9)4(6)7/h4H,3,7H2,1-2H3,(H,8,9)/t4-/m1/s1. The maximum atomic E-state index is 10.8. The Labute approximate surface area is 54.6 Å². The molecule has 1 aliphatic heterocycles. The van der Waals surface area contributed by atoms with Gasteiger partial charge in [0.05, 0.1) is 6.04 Å². The summed E-state index contributed by atoms with van der Waals surface area (Å²) in [6, 6.07) is -0.322. The van der Waals surface area contributed by atoms with Crippen LogP contribution in [0.4, 0.5) is 0 Å². The lowest BCUT2D eigenvalue weighted by Gasteiger charge is -2.18. The molecule has 3 nitrogen and oxygen atoms in total. The van der Waals surface area contributed by atoms with Crippen LogP contribution >= 0.6 is 0 Å². The van der Waals surface area contributed by atoms with Gasteiger partial charge in [0.15, 0.2) is 0 Å². The summed E-state index contributed by atoms with van der Waals surface area (Å²) in [5, 5.41) is 2.70. The van der Waals surface area contributed by atoms with Crippen LogP contribution in [-0.4, -0.2) is 18.5 Å². The van der Waals surface area contributed by atoms with Gasteiger partial charge in [-0.1, -0.05) is 13.8 Å². The number of carbonyl (C=O) groups excluding carboxylic acids is 1. The number of nitrogens with one attached hydrogen (secondary N) is 1. The third-order valence-corrected chi connectivity index (χ3v) is 1.84. The molecule has 0 saturated carbocycles. The molecule has 1 fully saturated rings. The van der Waals surface area contributed by atoms with Gasteiger partial charge in [-0.05, 0) is 0 Å². The van der Waals surface area contributed by atoms with Crippen molar-refractivity contribution in [3.05, 3.63) is 0 Å². The smallest absolute Gasteiger partial charge is 0.237 e. The van der Waals surface area contributed by atoms with Crippen molar-refractivity contribution >= 4 is 5.91 Å². The Morgan fingerprint density at radius 2 is 2.33 bits per heavy atom. The topological polar surface area (TPSA) is 55.1 Å². The Hall–Kier alpha value is -0.570. The van der Waals surface area contributed by atoms with E-state index >= 15 is 0 Å². The van der Waals surface area contributed by atoms with Crippen LogP contribution in [0.3, 0.4) is 0 Å². The van der Waals surface area contributed by atoms with Crippen molar-refractivity contribution in [1.29, 1.82) is 0 Å². The van der Waals surface area contributed by atoms with Gasteiger partial charge in [-0.15, -0.1) is 0 Å².